The monoisotopic (exact) mass is 482 g/mol. The number of piperazine rings is 1. The molecule has 6 rings (SSSR count). The molecule has 0 amide bonds. The average molecular weight is 483 g/mol. The molecule has 3 aliphatic rings. The van der Waals surface area contributed by atoms with Crippen LogP contribution in [-0.2, 0) is 6.54 Å². The molecule has 0 saturated carbocycles. The minimum Gasteiger partial charge on any atom is -0.493 e. The molecule has 3 fully saturated rings. The number of piperidine rings is 1. The number of anilines is 1. The van der Waals surface area contributed by atoms with Crippen molar-refractivity contribution in [3.8, 4) is 5.75 Å². The predicted molar refractivity (Wildman–Crippen MR) is 131 cm³/mol. The molecule has 4 heterocycles. The van der Waals surface area contributed by atoms with Crippen LogP contribution in [0.3, 0.4) is 0 Å². The molecule has 35 heavy (non-hydrogen) atoms. The summed E-state index contributed by atoms with van der Waals surface area (Å²) >= 11 is 0. The number of aromatic nitrogens is 1. The van der Waals surface area contributed by atoms with Gasteiger partial charge in [0, 0.05) is 44.7 Å². The van der Waals surface area contributed by atoms with Crippen molar-refractivity contribution >= 4 is 16.8 Å². The molecule has 0 unspecified atom stereocenters. The number of benzene rings is 2. The molecule has 1 aromatic heterocycles. The van der Waals surface area contributed by atoms with Crippen LogP contribution < -0.4 is 9.64 Å². The number of likely N-dealkylation sites (tertiary alicyclic amines) is 1. The van der Waals surface area contributed by atoms with E-state index < -0.39 is 11.6 Å². The minimum atomic E-state index is -0.970. The Hall–Kier alpha value is -2.71. The van der Waals surface area contributed by atoms with Gasteiger partial charge in [-0.2, -0.15) is 4.39 Å². The lowest BCUT2D eigenvalue weighted by molar-refractivity contribution is 0.0726. The highest BCUT2D eigenvalue weighted by atomic mass is 19.2. The van der Waals surface area contributed by atoms with Gasteiger partial charge >= 0.3 is 0 Å². The molecule has 186 valence electrons. The molecule has 8 heteroatoms. The van der Waals surface area contributed by atoms with Gasteiger partial charge in [-0.15, -0.1) is 0 Å². The second kappa shape index (κ2) is 9.74. The van der Waals surface area contributed by atoms with E-state index in [1.807, 2.05) is 0 Å². The number of rotatable bonds is 6. The third-order valence-electron chi connectivity index (χ3n) is 7.81. The molecule has 0 N–H and O–H groups in total. The summed E-state index contributed by atoms with van der Waals surface area (Å²) in [6.45, 7) is 7.66. The van der Waals surface area contributed by atoms with E-state index in [4.69, 9.17) is 9.26 Å². The summed E-state index contributed by atoms with van der Waals surface area (Å²) in [5.74, 6) is 0.198. The van der Waals surface area contributed by atoms with Crippen molar-refractivity contribution in [1.82, 2.24) is 15.0 Å². The third-order valence-corrected chi connectivity index (χ3v) is 7.81. The van der Waals surface area contributed by atoms with Gasteiger partial charge in [-0.25, -0.2) is 4.39 Å². The van der Waals surface area contributed by atoms with E-state index in [1.165, 1.54) is 31.5 Å². The van der Waals surface area contributed by atoms with E-state index in [-0.39, 0.29) is 5.58 Å². The van der Waals surface area contributed by atoms with Crippen LogP contribution >= 0.6 is 0 Å². The highest BCUT2D eigenvalue weighted by Crippen LogP contribution is 2.33. The number of nitrogens with zero attached hydrogens (tertiary/aromatic N) is 4. The van der Waals surface area contributed by atoms with Crippen molar-refractivity contribution in [2.45, 2.75) is 38.3 Å². The first-order valence-corrected chi connectivity index (χ1v) is 12.8. The number of hydrogen-bond acceptors (Lipinski definition) is 6. The van der Waals surface area contributed by atoms with E-state index in [9.17, 15) is 8.78 Å². The maximum absolute atomic E-state index is 14.0. The van der Waals surface area contributed by atoms with Crippen LogP contribution in [0.25, 0.3) is 11.0 Å². The van der Waals surface area contributed by atoms with Gasteiger partial charge in [0.2, 0.25) is 11.4 Å². The summed E-state index contributed by atoms with van der Waals surface area (Å²) in [6.07, 6.45) is 4.81. The van der Waals surface area contributed by atoms with Crippen LogP contribution in [0.4, 0.5) is 14.6 Å². The molecule has 3 aliphatic heterocycles. The Kier molecular flexibility index (Phi) is 6.33. The van der Waals surface area contributed by atoms with Gasteiger partial charge in [-0.1, -0.05) is 17.3 Å². The largest absolute Gasteiger partial charge is 0.493 e. The SMILES string of the molecule is Fc1ccc2c(N3CCN4C[C@H](COc5cccc(CN6CCCC6)c5)CC[C@@H]4C3)noc2c1F. The maximum atomic E-state index is 14.0. The first kappa shape index (κ1) is 22.7. The Bertz CT molecular complexity index is 1180. The standard InChI is InChI=1S/C27H32F2N4O2/c28-24-9-8-23-26(25(24)29)35-30-27(23)33-13-12-32-16-20(6-7-21(32)17-33)18-34-22-5-3-4-19(14-22)15-31-10-1-2-11-31/h3-5,8-9,14,20-21H,1-2,6-7,10-13,15-18H2/t20-,21-/m1/s1. The van der Waals surface area contributed by atoms with Crippen LogP contribution in [0.1, 0.15) is 31.2 Å². The first-order valence-electron chi connectivity index (χ1n) is 12.8. The van der Waals surface area contributed by atoms with Crippen molar-refractivity contribution in [3.05, 3.63) is 53.6 Å². The van der Waals surface area contributed by atoms with Gasteiger partial charge < -0.3 is 14.2 Å². The van der Waals surface area contributed by atoms with E-state index in [2.05, 4.69) is 44.1 Å². The molecule has 6 nitrogen and oxygen atoms in total. The summed E-state index contributed by atoms with van der Waals surface area (Å²) in [7, 11) is 0. The lowest BCUT2D eigenvalue weighted by Crippen LogP contribution is -2.57. The fourth-order valence-electron chi connectivity index (χ4n) is 5.90. The van der Waals surface area contributed by atoms with Gasteiger partial charge in [0.1, 0.15) is 5.75 Å². The summed E-state index contributed by atoms with van der Waals surface area (Å²) < 4.78 is 39.0. The lowest BCUT2D eigenvalue weighted by Gasteiger charge is -2.46. The molecular formula is C27H32F2N4O2. The lowest BCUT2D eigenvalue weighted by atomic mass is 9.91. The van der Waals surface area contributed by atoms with Crippen LogP contribution in [-0.4, -0.2) is 66.9 Å². The molecule has 0 radical (unpaired) electrons. The summed E-state index contributed by atoms with van der Waals surface area (Å²) in [5, 5.41) is 4.61. The van der Waals surface area contributed by atoms with Crippen LogP contribution in [0.5, 0.6) is 5.75 Å². The van der Waals surface area contributed by atoms with Crippen molar-refractivity contribution in [2.24, 2.45) is 5.92 Å². The van der Waals surface area contributed by atoms with Gasteiger partial charge in [0.15, 0.2) is 11.6 Å². The summed E-state index contributed by atoms with van der Waals surface area (Å²) in [6, 6.07) is 11.7. The topological polar surface area (TPSA) is 45.0 Å². The van der Waals surface area contributed by atoms with Gasteiger partial charge in [0.05, 0.1) is 12.0 Å². The van der Waals surface area contributed by atoms with E-state index in [0.717, 1.165) is 64.0 Å². The van der Waals surface area contributed by atoms with Crippen molar-refractivity contribution in [3.63, 3.8) is 0 Å². The fraction of sp³-hybridized carbons (Fsp3) is 0.519. The Balaban J connectivity index is 1.03. The van der Waals surface area contributed by atoms with Crippen molar-refractivity contribution < 1.29 is 18.0 Å². The second-order valence-corrected chi connectivity index (χ2v) is 10.2. The first-order chi connectivity index (χ1) is 17.1. The quantitative estimate of drug-likeness (QED) is 0.508. The molecule has 0 bridgehead atoms. The Morgan fingerprint density at radius 3 is 2.77 bits per heavy atom. The molecule has 3 aromatic rings. The van der Waals surface area contributed by atoms with E-state index in [1.54, 1.807) is 6.07 Å². The number of ether oxygens (including phenoxy) is 1. The minimum absolute atomic E-state index is 0.104. The summed E-state index contributed by atoms with van der Waals surface area (Å²) in [5.41, 5.74) is 1.22. The molecule has 2 atom stereocenters. The van der Waals surface area contributed by atoms with Crippen molar-refractivity contribution in [1.29, 1.82) is 0 Å². The van der Waals surface area contributed by atoms with Gasteiger partial charge in [-0.05, 0) is 68.6 Å². The van der Waals surface area contributed by atoms with Gasteiger partial charge in [0.25, 0.3) is 0 Å². The predicted octanol–water partition coefficient (Wildman–Crippen LogP) is 4.68. The average Bonchev–Trinajstić information content (AvgIpc) is 3.55. The smallest absolute Gasteiger partial charge is 0.207 e. The Labute approximate surface area is 204 Å². The highest BCUT2D eigenvalue weighted by Gasteiger charge is 2.34. The zero-order valence-corrected chi connectivity index (χ0v) is 20.0. The molecule has 3 saturated heterocycles. The maximum Gasteiger partial charge on any atom is 0.207 e. The van der Waals surface area contributed by atoms with Crippen LogP contribution in [0.15, 0.2) is 40.9 Å². The number of hydrogen-bond donors (Lipinski definition) is 0. The van der Waals surface area contributed by atoms with Crippen LogP contribution in [0.2, 0.25) is 0 Å². The second-order valence-electron chi connectivity index (χ2n) is 10.2. The normalized spacial score (nSPS) is 23.7. The van der Waals surface area contributed by atoms with Gasteiger partial charge in [-0.3, -0.25) is 9.80 Å². The number of fused-ring (bicyclic) bond motifs is 2. The fourth-order valence-corrected chi connectivity index (χ4v) is 5.90. The zero-order chi connectivity index (χ0) is 23.8. The highest BCUT2D eigenvalue weighted by molar-refractivity contribution is 5.89. The van der Waals surface area contributed by atoms with E-state index >= 15 is 0 Å². The Morgan fingerprint density at radius 1 is 1.00 bits per heavy atom. The molecular weight excluding hydrogens is 450 g/mol. The van der Waals surface area contributed by atoms with Crippen LogP contribution in [0, 0.1) is 17.6 Å². The van der Waals surface area contributed by atoms with E-state index in [0.29, 0.717) is 23.2 Å². The number of halogens is 2. The molecule has 2 aromatic carbocycles. The van der Waals surface area contributed by atoms with Crippen molar-refractivity contribution in [2.75, 3.05) is 50.8 Å². The Morgan fingerprint density at radius 2 is 1.89 bits per heavy atom. The molecule has 0 aliphatic carbocycles. The molecule has 0 spiro atoms. The summed E-state index contributed by atoms with van der Waals surface area (Å²) in [4.78, 5) is 7.20. The zero-order valence-electron chi connectivity index (χ0n) is 20.0. The third kappa shape index (κ3) is 4.74.